The molecule has 0 radical (unpaired) electrons. The van der Waals surface area contributed by atoms with Gasteiger partial charge in [-0.3, -0.25) is 4.79 Å². The van der Waals surface area contributed by atoms with Crippen molar-refractivity contribution < 1.29 is 9.53 Å². The number of nitrogen functional groups attached to an aromatic ring is 1. The zero-order chi connectivity index (χ0) is 16.6. The molecule has 25 heavy (non-hydrogen) atoms. The Hall–Kier alpha value is -1.69. The topological polar surface area (TPSA) is 77.2 Å². The predicted octanol–water partition coefficient (Wildman–Crippen LogP) is 4.19. The summed E-state index contributed by atoms with van der Waals surface area (Å²) in [6, 6.07) is 8.52. The van der Waals surface area contributed by atoms with Crippen LogP contribution in [0.4, 0.5) is 5.69 Å². The van der Waals surface area contributed by atoms with E-state index in [1.165, 1.54) is 6.20 Å². The third kappa shape index (κ3) is 4.91. The number of benzene rings is 1. The summed E-state index contributed by atoms with van der Waals surface area (Å²) in [5.41, 5.74) is 7.33. The van der Waals surface area contributed by atoms with E-state index in [-0.39, 0.29) is 42.4 Å². The van der Waals surface area contributed by atoms with Gasteiger partial charge in [0.2, 0.25) is 0 Å². The Labute approximate surface area is 164 Å². The summed E-state index contributed by atoms with van der Waals surface area (Å²) in [7, 11) is 0. The highest BCUT2D eigenvalue weighted by atomic mass is 35.5. The highest BCUT2D eigenvalue weighted by Gasteiger charge is 2.34. The minimum Gasteiger partial charge on any atom is -0.487 e. The summed E-state index contributed by atoms with van der Waals surface area (Å²) in [6.07, 6.45) is 2.10. The summed E-state index contributed by atoms with van der Waals surface area (Å²) in [5, 5.41) is 3.51. The van der Waals surface area contributed by atoms with E-state index in [0.717, 1.165) is 11.3 Å². The molecular formula is C17H20Cl3N3O2. The maximum atomic E-state index is 12.4. The molecule has 136 valence electrons. The summed E-state index contributed by atoms with van der Waals surface area (Å²) >= 11 is 5.81. The lowest BCUT2D eigenvalue weighted by atomic mass is 9.89. The summed E-state index contributed by atoms with van der Waals surface area (Å²) in [4.78, 5) is 16.5. The van der Waals surface area contributed by atoms with E-state index >= 15 is 0 Å². The van der Waals surface area contributed by atoms with Crippen molar-refractivity contribution in [1.29, 1.82) is 0 Å². The van der Waals surface area contributed by atoms with Gasteiger partial charge in [-0.25, -0.2) is 4.98 Å². The third-order valence-corrected chi connectivity index (χ3v) is 3.98. The maximum Gasteiger partial charge on any atom is 0.270 e. The first-order valence-electron chi connectivity index (χ1n) is 7.35. The number of aromatic nitrogens is 1. The lowest BCUT2D eigenvalue weighted by Crippen LogP contribution is -2.41. The average molecular weight is 405 g/mol. The molecule has 0 bridgehead atoms. The smallest absolute Gasteiger partial charge is 0.270 e. The zero-order valence-electron chi connectivity index (χ0n) is 13.8. The van der Waals surface area contributed by atoms with E-state index in [1.807, 2.05) is 26.0 Å². The molecule has 8 heteroatoms. The number of hydrogen-bond acceptors (Lipinski definition) is 4. The van der Waals surface area contributed by atoms with Crippen molar-refractivity contribution in [2.24, 2.45) is 0 Å². The Morgan fingerprint density at radius 2 is 2.04 bits per heavy atom. The first-order valence-corrected chi connectivity index (χ1v) is 7.73. The number of nitrogens with one attached hydrogen (secondary N) is 1. The Bertz CT molecular complexity index is 751. The van der Waals surface area contributed by atoms with E-state index in [9.17, 15) is 4.79 Å². The quantitative estimate of drug-likeness (QED) is 0.736. The highest BCUT2D eigenvalue weighted by molar-refractivity contribution is 6.30. The minimum atomic E-state index is -0.380. The molecule has 5 nitrogen and oxygen atoms in total. The van der Waals surface area contributed by atoms with E-state index in [0.29, 0.717) is 22.8 Å². The maximum absolute atomic E-state index is 12.4. The van der Waals surface area contributed by atoms with Crippen LogP contribution in [0.5, 0.6) is 5.75 Å². The molecule has 2 aromatic rings. The molecule has 1 atom stereocenters. The van der Waals surface area contributed by atoms with Crippen LogP contribution in [-0.2, 0) is 0 Å². The second-order valence-electron chi connectivity index (χ2n) is 6.25. The van der Waals surface area contributed by atoms with Crippen molar-refractivity contribution in [2.45, 2.75) is 31.9 Å². The molecule has 1 aliphatic heterocycles. The van der Waals surface area contributed by atoms with Gasteiger partial charge in [-0.1, -0.05) is 11.6 Å². The number of carbonyl (C=O) groups excluding carboxylic acids is 1. The van der Waals surface area contributed by atoms with Gasteiger partial charge in [0.15, 0.2) is 0 Å². The Balaban J connectivity index is 0.00000156. The summed E-state index contributed by atoms with van der Waals surface area (Å²) < 4.78 is 5.97. The number of rotatable bonds is 2. The van der Waals surface area contributed by atoms with Crippen molar-refractivity contribution in [3.05, 3.63) is 52.8 Å². The SMILES string of the molecule is CC1(C)CC(NC(=O)c2ccc(Cl)cn2)c2cc(N)ccc2O1.Cl.Cl. The average Bonchev–Trinajstić information content (AvgIpc) is 2.48. The second kappa shape index (κ2) is 8.13. The highest BCUT2D eigenvalue weighted by Crippen LogP contribution is 2.40. The van der Waals surface area contributed by atoms with E-state index in [4.69, 9.17) is 22.1 Å². The number of hydrogen-bond donors (Lipinski definition) is 2. The van der Waals surface area contributed by atoms with Gasteiger partial charge in [-0.2, -0.15) is 0 Å². The third-order valence-electron chi connectivity index (χ3n) is 3.76. The molecule has 0 fully saturated rings. The molecular weight excluding hydrogens is 385 g/mol. The number of amides is 1. The van der Waals surface area contributed by atoms with Crippen LogP contribution in [0, 0.1) is 0 Å². The van der Waals surface area contributed by atoms with E-state index in [2.05, 4.69) is 10.3 Å². The Morgan fingerprint density at radius 1 is 1.32 bits per heavy atom. The van der Waals surface area contributed by atoms with Crippen LogP contribution >= 0.6 is 36.4 Å². The van der Waals surface area contributed by atoms with Crippen molar-refractivity contribution in [1.82, 2.24) is 10.3 Å². The lowest BCUT2D eigenvalue weighted by Gasteiger charge is -2.38. The van der Waals surface area contributed by atoms with E-state index < -0.39 is 0 Å². The van der Waals surface area contributed by atoms with Crippen LogP contribution in [0.2, 0.25) is 5.02 Å². The Kier molecular flexibility index (Phi) is 6.94. The molecule has 3 rings (SSSR count). The van der Waals surface area contributed by atoms with Gasteiger partial charge in [0.25, 0.3) is 5.91 Å². The molecule has 0 spiro atoms. The first kappa shape index (κ1) is 21.4. The fourth-order valence-corrected chi connectivity index (χ4v) is 2.86. The van der Waals surface area contributed by atoms with Gasteiger partial charge in [-0.15, -0.1) is 24.8 Å². The van der Waals surface area contributed by atoms with Crippen LogP contribution < -0.4 is 15.8 Å². The van der Waals surface area contributed by atoms with Crippen molar-refractivity contribution in [3.63, 3.8) is 0 Å². The van der Waals surface area contributed by atoms with Crippen LogP contribution in [0.25, 0.3) is 0 Å². The number of ether oxygens (including phenoxy) is 1. The largest absolute Gasteiger partial charge is 0.487 e. The first-order chi connectivity index (χ1) is 10.8. The molecule has 0 aliphatic carbocycles. The molecule has 1 aromatic heterocycles. The summed E-state index contributed by atoms with van der Waals surface area (Å²) in [5.74, 6) is 0.488. The van der Waals surface area contributed by atoms with Gasteiger partial charge in [0, 0.05) is 23.9 Å². The van der Waals surface area contributed by atoms with Gasteiger partial charge < -0.3 is 15.8 Å². The van der Waals surface area contributed by atoms with Crippen LogP contribution in [0.15, 0.2) is 36.5 Å². The second-order valence-corrected chi connectivity index (χ2v) is 6.69. The number of carbonyl (C=O) groups is 1. The number of halogens is 3. The molecule has 1 unspecified atom stereocenters. The van der Waals surface area contributed by atoms with Crippen molar-refractivity contribution >= 4 is 48.0 Å². The number of nitrogens with two attached hydrogens (primary N) is 1. The molecule has 1 amide bonds. The number of fused-ring (bicyclic) bond motifs is 1. The van der Waals surface area contributed by atoms with Crippen LogP contribution in [-0.4, -0.2) is 16.5 Å². The molecule has 1 aromatic carbocycles. The zero-order valence-corrected chi connectivity index (χ0v) is 16.2. The van der Waals surface area contributed by atoms with Crippen LogP contribution in [0.1, 0.15) is 42.4 Å². The van der Waals surface area contributed by atoms with Gasteiger partial charge in [0.1, 0.15) is 17.0 Å². The standard InChI is InChI=1S/C17H18ClN3O2.2ClH/c1-17(2)8-14(12-7-11(19)4-6-15(12)23-17)21-16(22)13-5-3-10(18)9-20-13;;/h3-7,9,14H,8,19H2,1-2H3,(H,21,22);2*1H. The number of nitrogens with zero attached hydrogens (tertiary/aromatic N) is 1. The lowest BCUT2D eigenvalue weighted by molar-refractivity contribution is 0.0618. The normalized spacial score (nSPS) is 17.2. The predicted molar refractivity (Wildman–Crippen MR) is 104 cm³/mol. The number of anilines is 1. The molecule has 2 heterocycles. The monoisotopic (exact) mass is 403 g/mol. The fourth-order valence-electron chi connectivity index (χ4n) is 2.74. The van der Waals surface area contributed by atoms with Crippen molar-refractivity contribution in [3.8, 4) is 5.75 Å². The minimum absolute atomic E-state index is 0. The summed E-state index contributed by atoms with van der Waals surface area (Å²) in [6.45, 7) is 3.98. The van der Waals surface area contributed by atoms with Crippen LogP contribution in [0.3, 0.4) is 0 Å². The Morgan fingerprint density at radius 3 is 2.68 bits per heavy atom. The van der Waals surface area contributed by atoms with E-state index in [1.54, 1.807) is 18.2 Å². The van der Waals surface area contributed by atoms with Crippen molar-refractivity contribution in [2.75, 3.05) is 5.73 Å². The molecule has 0 saturated heterocycles. The van der Waals surface area contributed by atoms with Gasteiger partial charge in [-0.05, 0) is 44.2 Å². The van der Waals surface area contributed by atoms with Gasteiger partial charge in [0.05, 0.1) is 11.1 Å². The number of pyridine rings is 1. The molecule has 1 aliphatic rings. The fraction of sp³-hybridized carbons (Fsp3) is 0.294. The molecule has 3 N–H and O–H groups in total. The molecule has 0 saturated carbocycles. The van der Waals surface area contributed by atoms with Gasteiger partial charge >= 0.3 is 0 Å².